The monoisotopic (exact) mass is 919 g/mol. The second kappa shape index (κ2) is 16.4. The van der Waals surface area contributed by atoms with Crippen molar-refractivity contribution in [3.63, 3.8) is 0 Å². The Morgan fingerprint density at radius 2 is 1.16 bits per heavy atom. The molecule has 13 aromatic rings. The normalized spacial score (nSPS) is 15.5. The van der Waals surface area contributed by atoms with Gasteiger partial charge in [0.05, 0.1) is 69.1 Å². The number of hydrogen-bond donors (Lipinski definition) is 0. The van der Waals surface area contributed by atoms with E-state index in [9.17, 15) is 0 Å². The number of hydrogen-bond acceptors (Lipinski definition) is 2. The Labute approximate surface area is 431 Å². The number of pyridine rings is 1. The molecule has 70 heavy (non-hydrogen) atoms. The van der Waals surface area contributed by atoms with Crippen LogP contribution in [0.25, 0.3) is 99.8 Å². The van der Waals surface area contributed by atoms with Crippen molar-refractivity contribution in [2.75, 3.05) is 0 Å². The van der Waals surface area contributed by atoms with Crippen LogP contribution < -0.4 is 9.30 Å². The Morgan fingerprint density at radius 1 is 0.500 bits per heavy atom. The van der Waals surface area contributed by atoms with Crippen molar-refractivity contribution in [3.8, 4) is 56.6 Å². The predicted molar refractivity (Wildman–Crippen MR) is 286 cm³/mol. The van der Waals surface area contributed by atoms with E-state index in [2.05, 4.69) is 27.1 Å². The van der Waals surface area contributed by atoms with Gasteiger partial charge >= 0.3 is 0 Å². The summed E-state index contributed by atoms with van der Waals surface area (Å²) in [5.41, 5.74) is 3.96. The summed E-state index contributed by atoms with van der Waals surface area (Å²) in [6.07, 6.45) is 5.15. The number of rotatable bonds is 8. The smallest absolute Gasteiger partial charge is 0.269 e. The number of benzene rings is 9. The van der Waals surface area contributed by atoms with Crippen LogP contribution in [0.1, 0.15) is 51.0 Å². The van der Waals surface area contributed by atoms with Gasteiger partial charge in [-0.15, -0.1) is 0 Å². The Bertz CT molecular complexity index is 5010. The van der Waals surface area contributed by atoms with E-state index in [4.69, 9.17) is 34.4 Å². The molecule has 6 heteroatoms. The Balaban J connectivity index is 0.988. The largest absolute Gasteiger partial charge is 0.458 e. The molecule has 0 bridgehead atoms. The fourth-order valence-electron chi connectivity index (χ4n) is 9.32. The summed E-state index contributed by atoms with van der Waals surface area (Å²) in [4.78, 5) is 4.87. The molecule has 4 heterocycles. The predicted octanol–water partition coefficient (Wildman–Crippen LogP) is 15.7. The van der Waals surface area contributed by atoms with Crippen molar-refractivity contribution < 1.29 is 34.0 Å². The van der Waals surface area contributed by atoms with Crippen LogP contribution in [0.15, 0.2) is 230 Å². The van der Waals surface area contributed by atoms with Gasteiger partial charge in [-0.3, -0.25) is 13.7 Å². The number of fused-ring (bicyclic) bond motifs is 7. The molecule has 0 N–H and O–H groups in total. The van der Waals surface area contributed by atoms with Gasteiger partial charge in [0.25, 0.3) is 6.33 Å². The lowest BCUT2D eigenvalue weighted by Gasteiger charge is -2.20. The maximum Gasteiger partial charge on any atom is 0.269 e. The molecule has 9 aromatic carbocycles. The topological polar surface area (TPSA) is 40.8 Å². The third-order valence-corrected chi connectivity index (χ3v) is 12.5. The fraction of sp³-hybridized carbons (Fsp3) is 0.0625. The molecule has 0 radical (unpaired) electrons. The Morgan fingerprint density at radius 3 is 1.87 bits per heavy atom. The van der Waals surface area contributed by atoms with E-state index in [1.807, 2.05) is 59.2 Å². The molecule has 0 amide bonds. The molecule has 334 valence electrons. The number of aromatic nitrogens is 5. The molecular weight excluding hydrogens is 855 g/mol. The first-order valence-corrected chi connectivity index (χ1v) is 22.4. The summed E-state index contributed by atoms with van der Waals surface area (Å²) in [6.45, 7) is 6.29. The number of nitrogens with zero attached hydrogens (tertiary/aromatic N) is 5. The zero-order valence-corrected chi connectivity index (χ0v) is 37.7. The van der Waals surface area contributed by atoms with Crippen molar-refractivity contribution in [1.82, 2.24) is 18.7 Å². The van der Waals surface area contributed by atoms with E-state index in [1.54, 1.807) is 76.0 Å². The van der Waals surface area contributed by atoms with Crippen LogP contribution in [0.2, 0.25) is 0 Å². The van der Waals surface area contributed by atoms with Crippen molar-refractivity contribution in [3.05, 3.63) is 242 Å². The Kier molecular flexibility index (Phi) is 6.20. The van der Waals surface area contributed by atoms with E-state index in [-0.39, 0.29) is 55.2 Å². The van der Waals surface area contributed by atoms with Crippen molar-refractivity contribution >= 4 is 54.6 Å². The number of ether oxygens (including phenoxy) is 1. The van der Waals surface area contributed by atoms with E-state index in [0.29, 0.717) is 56.1 Å². The molecule has 0 aliphatic heterocycles. The molecule has 0 spiro atoms. The van der Waals surface area contributed by atoms with Crippen molar-refractivity contribution in [2.24, 2.45) is 0 Å². The van der Waals surface area contributed by atoms with Gasteiger partial charge in [-0.25, -0.2) is 4.98 Å². The van der Waals surface area contributed by atoms with Crippen LogP contribution in [0.4, 0.5) is 0 Å². The Hall–Kier alpha value is -9.00. The average Bonchev–Trinajstić information content (AvgIpc) is 1.53. The number of imidazole rings is 1. The minimum atomic E-state index is -0.607. The molecule has 0 atom stereocenters. The standard InChI is InChI=1S/C64H47N5O/c1-64(2,3)45-36-37-65-62(38-45)69-58-35-32-47(68-56-28-12-10-24-52(56)53-25-11-13-29-57(53)68)40-55(58)54-34-33-49(41-61(54)69)70-48-23-16-22-46(39-48)66-42-67(60-31-15-14-30-59(60)66)63-50(43-18-6-4-7-19-43)26-17-27-51(63)44-20-8-5-9-21-44/h4-41H,1-3H3/i4D,5D,6D,7D,8D,9D,10D,11D,12D,13D,18D,19D,20D,21D,24D,25D,28D,29D. The van der Waals surface area contributed by atoms with E-state index >= 15 is 0 Å². The average molecular weight is 920 g/mol. The van der Waals surface area contributed by atoms with E-state index in [0.717, 1.165) is 10.9 Å². The van der Waals surface area contributed by atoms with Crippen LogP contribution in [0, 0.1) is 6.33 Å². The van der Waals surface area contributed by atoms with Crippen molar-refractivity contribution in [1.29, 1.82) is 0 Å². The van der Waals surface area contributed by atoms with Crippen LogP contribution in [-0.4, -0.2) is 18.7 Å². The van der Waals surface area contributed by atoms with Crippen LogP contribution in [-0.2, 0) is 5.41 Å². The lowest BCUT2D eigenvalue weighted by molar-refractivity contribution is -0.571. The minimum absolute atomic E-state index is 0.00912. The maximum atomic E-state index is 9.15. The lowest BCUT2D eigenvalue weighted by atomic mass is 9.88. The van der Waals surface area contributed by atoms with Gasteiger partial charge in [-0.05, 0) is 106 Å². The first kappa shape index (κ1) is 26.5. The molecule has 0 aliphatic rings. The molecule has 13 rings (SSSR count). The molecule has 0 fully saturated rings. The maximum absolute atomic E-state index is 9.15. The van der Waals surface area contributed by atoms with Crippen molar-refractivity contribution in [2.45, 2.75) is 26.2 Å². The van der Waals surface area contributed by atoms with Crippen LogP contribution >= 0.6 is 0 Å². The quantitative estimate of drug-likeness (QED) is 0.113. The second-order valence-corrected chi connectivity index (χ2v) is 17.7. The highest BCUT2D eigenvalue weighted by Crippen LogP contribution is 2.40. The van der Waals surface area contributed by atoms with Gasteiger partial charge in [0.2, 0.25) is 0 Å². The summed E-state index contributed by atoms with van der Waals surface area (Å²) >= 11 is 0. The van der Waals surface area contributed by atoms with Gasteiger partial charge in [0.1, 0.15) is 17.3 Å². The minimum Gasteiger partial charge on any atom is -0.458 e. The molecule has 4 aromatic heterocycles. The van der Waals surface area contributed by atoms with Gasteiger partial charge in [0, 0.05) is 39.5 Å². The lowest BCUT2D eigenvalue weighted by Crippen LogP contribution is -2.31. The zero-order valence-electron chi connectivity index (χ0n) is 55.7. The third kappa shape index (κ3) is 6.87. The molecule has 6 nitrogen and oxygen atoms in total. The molecular formula is C64H47N5O. The third-order valence-electron chi connectivity index (χ3n) is 12.5. The molecule has 0 saturated heterocycles. The highest BCUT2D eigenvalue weighted by atomic mass is 16.5. The van der Waals surface area contributed by atoms with Crippen LogP contribution in [0.3, 0.4) is 0 Å². The first-order valence-electron chi connectivity index (χ1n) is 31.4. The summed E-state index contributed by atoms with van der Waals surface area (Å²) in [6, 6.07) is 24.4. The van der Waals surface area contributed by atoms with Gasteiger partial charge in [-0.2, -0.15) is 0 Å². The second-order valence-electron chi connectivity index (χ2n) is 17.7. The fourth-order valence-corrected chi connectivity index (χ4v) is 9.32. The van der Waals surface area contributed by atoms with Gasteiger partial charge in [-0.1, -0.05) is 166 Å². The first-order chi connectivity index (χ1) is 41.8. The SMILES string of the molecule is [2H]c1c([2H])c([2H])c(-c2cccc(-c3c([2H])c([2H])c([2H])c([2H])c3[2H])c2-[n+]2[c-]n(-c3cccc(Oc4ccc5c6cc(-n7c8c([2H])c([2H])c([2H])c([2H])c8c8c([2H])c([2H])c([2H])c([2H])c87)ccc6n(-c6cc(C(C)(C)C)ccn6)c5c4)c3)c3ccccc32)c([2H])c1[2H]. The van der Waals surface area contributed by atoms with E-state index < -0.39 is 109 Å². The highest BCUT2D eigenvalue weighted by molar-refractivity contribution is 6.12. The molecule has 0 aliphatic carbocycles. The molecule has 0 saturated carbocycles. The summed E-state index contributed by atoms with van der Waals surface area (Å²) in [5.74, 6) is 1.36. The summed E-state index contributed by atoms with van der Waals surface area (Å²) in [7, 11) is 0. The molecule has 0 unspecified atom stereocenters. The van der Waals surface area contributed by atoms with Gasteiger partial charge in [0.15, 0.2) is 0 Å². The highest BCUT2D eigenvalue weighted by Gasteiger charge is 2.22. The number of para-hydroxylation sites is 5. The summed E-state index contributed by atoms with van der Waals surface area (Å²) < 4.78 is 172. The van der Waals surface area contributed by atoms with E-state index in [1.165, 1.54) is 4.57 Å². The van der Waals surface area contributed by atoms with Crippen LogP contribution in [0.5, 0.6) is 11.5 Å². The zero-order chi connectivity index (χ0) is 62.6. The van der Waals surface area contributed by atoms with Gasteiger partial charge < -0.3 is 9.30 Å². The summed E-state index contributed by atoms with van der Waals surface area (Å²) in [5, 5.41) is 1.32.